The van der Waals surface area contributed by atoms with E-state index >= 15 is 0 Å². The molecular formula is C17H24N2O4. The number of carbonyl (C=O) groups excluding carboxylic acids is 1. The van der Waals surface area contributed by atoms with Crippen LogP contribution in [0.15, 0.2) is 12.1 Å². The number of nitro benzene ring substituents is 1. The largest absolute Gasteiger partial charge is 0.483 e. The van der Waals surface area contributed by atoms with Crippen LogP contribution in [-0.2, 0) is 4.79 Å². The van der Waals surface area contributed by atoms with Crippen molar-refractivity contribution >= 4 is 11.6 Å². The molecule has 0 unspecified atom stereocenters. The van der Waals surface area contributed by atoms with Crippen LogP contribution >= 0.6 is 0 Å². The molecule has 0 radical (unpaired) electrons. The van der Waals surface area contributed by atoms with Gasteiger partial charge >= 0.3 is 0 Å². The molecule has 1 saturated heterocycles. The molecule has 6 nitrogen and oxygen atoms in total. The maximum Gasteiger partial charge on any atom is 0.276 e. The van der Waals surface area contributed by atoms with Gasteiger partial charge in [-0.2, -0.15) is 0 Å². The maximum atomic E-state index is 12.5. The normalized spacial score (nSPS) is 21.1. The summed E-state index contributed by atoms with van der Waals surface area (Å²) >= 11 is 0. The van der Waals surface area contributed by atoms with Gasteiger partial charge in [0.05, 0.1) is 10.5 Å². The van der Waals surface area contributed by atoms with E-state index in [9.17, 15) is 14.9 Å². The van der Waals surface area contributed by atoms with Gasteiger partial charge in [0.25, 0.3) is 11.6 Å². The van der Waals surface area contributed by atoms with Crippen molar-refractivity contribution in [2.75, 3.05) is 6.61 Å². The van der Waals surface area contributed by atoms with Crippen LogP contribution in [0, 0.1) is 24.0 Å². The minimum absolute atomic E-state index is 0.0118. The lowest BCUT2D eigenvalue weighted by atomic mass is 9.97. The summed E-state index contributed by atoms with van der Waals surface area (Å²) in [6.45, 7) is 7.49. The van der Waals surface area contributed by atoms with Crippen LogP contribution in [-0.4, -0.2) is 34.4 Å². The number of benzene rings is 1. The van der Waals surface area contributed by atoms with Gasteiger partial charge in [-0.3, -0.25) is 14.9 Å². The van der Waals surface area contributed by atoms with Gasteiger partial charge in [0.2, 0.25) is 0 Å². The number of amides is 1. The van der Waals surface area contributed by atoms with E-state index in [2.05, 4.69) is 13.8 Å². The topological polar surface area (TPSA) is 72.7 Å². The third-order valence-corrected chi connectivity index (χ3v) is 4.59. The van der Waals surface area contributed by atoms with Gasteiger partial charge in [-0.1, -0.05) is 0 Å². The molecule has 2 atom stereocenters. The third kappa shape index (κ3) is 3.63. The Hall–Kier alpha value is -2.11. The molecule has 0 bridgehead atoms. The van der Waals surface area contributed by atoms with Crippen LogP contribution in [0.2, 0.25) is 0 Å². The van der Waals surface area contributed by atoms with E-state index in [1.807, 2.05) is 11.8 Å². The van der Waals surface area contributed by atoms with Crippen molar-refractivity contribution in [3.63, 3.8) is 0 Å². The highest BCUT2D eigenvalue weighted by Crippen LogP contribution is 2.31. The van der Waals surface area contributed by atoms with E-state index in [1.54, 1.807) is 13.0 Å². The molecule has 0 aliphatic carbocycles. The first kappa shape index (κ1) is 17.2. The van der Waals surface area contributed by atoms with E-state index in [1.165, 1.54) is 6.07 Å². The van der Waals surface area contributed by atoms with E-state index in [0.717, 1.165) is 24.8 Å². The monoisotopic (exact) mass is 320 g/mol. The molecule has 1 fully saturated rings. The molecule has 0 saturated carbocycles. The zero-order chi connectivity index (χ0) is 17.1. The summed E-state index contributed by atoms with van der Waals surface area (Å²) in [5.74, 6) is 0.375. The molecule has 126 valence electrons. The smallest absolute Gasteiger partial charge is 0.276 e. The summed E-state index contributed by atoms with van der Waals surface area (Å²) in [6.07, 6.45) is 3.14. The molecule has 1 amide bonds. The van der Waals surface area contributed by atoms with E-state index in [4.69, 9.17) is 4.74 Å². The van der Waals surface area contributed by atoms with Crippen molar-refractivity contribution in [1.29, 1.82) is 0 Å². The number of ether oxygens (including phenoxy) is 1. The standard InChI is InChI=1S/C17H24N2O4/c1-11-8-9-15(19(21)22)14(4)17(11)23-10-16(20)18-12(2)6-5-7-13(18)3/h8-9,12-13H,5-7,10H2,1-4H3/t12-,13+. The summed E-state index contributed by atoms with van der Waals surface area (Å²) in [5.41, 5.74) is 1.26. The summed E-state index contributed by atoms with van der Waals surface area (Å²) in [4.78, 5) is 25.0. The predicted molar refractivity (Wildman–Crippen MR) is 87.7 cm³/mol. The van der Waals surface area contributed by atoms with Crippen molar-refractivity contribution in [2.24, 2.45) is 0 Å². The molecule has 1 aromatic rings. The van der Waals surface area contributed by atoms with Crippen molar-refractivity contribution in [2.45, 2.75) is 59.0 Å². The van der Waals surface area contributed by atoms with Crippen LogP contribution < -0.4 is 4.74 Å². The molecule has 23 heavy (non-hydrogen) atoms. The van der Waals surface area contributed by atoms with Crippen molar-refractivity contribution in [3.8, 4) is 5.75 Å². The van der Waals surface area contributed by atoms with Gasteiger partial charge in [0.1, 0.15) is 5.75 Å². The predicted octanol–water partition coefficient (Wildman–Crippen LogP) is 3.38. The number of piperidine rings is 1. The molecule has 1 heterocycles. The summed E-state index contributed by atoms with van der Waals surface area (Å²) in [5, 5.41) is 11.0. The zero-order valence-electron chi connectivity index (χ0n) is 14.2. The van der Waals surface area contributed by atoms with Crippen LogP contribution in [0.25, 0.3) is 0 Å². The molecular weight excluding hydrogens is 296 g/mol. The summed E-state index contributed by atoms with van der Waals surface area (Å²) < 4.78 is 5.67. The van der Waals surface area contributed by atoms with Crippen LogP contribution in [0.5, 0.6) is 5.75 Å². The first-order valence-corrected chi connectivity index (χ1v) is 8.01. The van der Waals surface area contributed by atoms with Gasteiger partial charge < -0.3 is 9.64 Å². The Kier molecular flexibility index (Phi) is 5.23. The Morgan fingerprint density at radius 1 is 1.30 bits per heavy atom. The number of aryl methyl sites for hydroxylation is 1. The Bertz CT molecular complexity index is 605. The molecule has 0 N–H and O–H groups in total. The van der Waals surface area contributed by atoms with Gasteiger partial charge in [0, 0.05) is 18.2 Å². The van der Waals surface area contributed by atoms with E-state index < -0.39 is 4.92 Å². The van der Waals surface area contributed by atoms with E-state index in [-0.39, 0.29) is 30.3 Å². The molecule has 6 heteroatoms. The SMILES string of the molecule is Cc1ccc([N+](=O)[O-])c(C)c1OCC(=O)N1[C@H](C)CCC[C@@H]1C. The third-order valence-electron chi connectivity index (χ3n) is 4.59. The Morgan fingerprint density at radius 3 is 2.48 bits per heavy atom. The summed E-state index contributed by atoms with van der Waals surface area (Å²) in [7, 11) is 0. The second kappa shape index (κ2) is 6.98. The number of carbonyl (C=O) groups is 1. The lowest BCUT2D eigenvalue weighted by molar-refractivity contribution is -0.385. The molecule has 1 aliphatic rings. The fourth-order valence-corrected chi connectivity index (χ4v) is 3.36. The average Bonchev–Trinajstić information content (AvgIpc) is 2.46. The van der Waals surface area contributed by atoms with Gasteiger partial charge in [-0.05, 0) is 58.6 Å². The number of nitro groups is 1. The first-order chi connectivity index (χ1) is 10.8. The highest BCUT2D eigenvalue weighted by Gasteiger charge is 2.29. The second-order valence-electron chi connectivity index (χ2n) is 6.33. The second-order valence-corrected chi connectivity index (χ2v) is 6.33. The number of nitrogens with zero attached hydrogens (tertiary/aromatic N) is 2. The number of hydrogen-bond donors (Lipinski definition) is 0. The average molecular weight is 320 g/mol. The van der Waals surface area contributed by atoms with Gasteiger partial charge in [0.15, 0.2) is 6.61 Å². The number of rotatable bonds is 4. The Morgan fingerprint density at radius 2 is 1.91 bits per heavy atom. The number of hydrogen-bond acceptors (Lipinski definition) is 4. The maximum absolute atomic E-state index is 12.5. The fraction of sp³-hybridized carbons (Fsp3) is 0.588. The number of likely N-dealkylation sites (tertiary alicyclic amines) is 1. The van der Waals surface area contributed by atoms with Crippen molar-refractivity contribution < 1.29 is 14.5 Å². The molecule has 0 aromatic heterocycles. The minimum Gasteiger partial charge on any atom is -0.483 e. The molecule has 0 spiro atoms. The Balaban J connectivity index is 2.13. The fourth-order valence-electron chi connectivity index (χ4n) is 3.36. The summed E-state index contributed by atoms with van der Waals surface area (Å²) in [6, 6.07) is 3.54. The van der Waals surface area contributed by atoms with E-state index in [0.29, 0.717) is 11.3 Å². The lowest BCUT2D eigenvalue weighted by Gasteiger charge is -2.39. The highest BCUT2D eigenvalue weighted by molar-refractivity contribution is 5.78. The van der Waals surface area contributed by atoms with Crippen LogP contribution in [0.4, 0.5) is 5.69 Å². The van der Waals surface area contributed by atoms with Crippen LogP contribution in [0.3, 0.4) is 0 Å². The van der Waals surface area contributed by atoms with Crippen LogP contribution in [0.1, 0.15) is 44.2 Å². The quantitative estimate of drug-likeness (QED) is 0.630. The zero-order valence-corrected chi connectivity index (χ0v) is 14.2. The van der Waals surface area contributed by atoms with Crippen molar-refractivity contribution in [1.82, 2.24) is 4.90 Å². The Labute approximate surface area is 136 Å². The lowest BCUT2D eigenvalue weighted by Crippen LogP contribution is -2.49. The van der Waals surface area contributed by atoms with Gasteiger partial charge in [-0.25, -0.2) is 0 Å². The first-order valence-electron chi connectivity index (χ1n) is 8.01. The highest BCUT2D eigenvalue weighted by atomic mass is 16.6. The van der Waals surface area contributed by atoms with Crippen molar-refractivity contribution in [3.05, 3.63) is 33.4 Å². The minimum atomic E-state index is -0.432. The molecule has 1 aliphatic heterocycles. The van der Waals surface area contributed by atoms with Gasteiger partial charge in [-0.15, -0.1) is 0 Å². The molecule has 2 rings (SSSR count). The molecule has 1 aromatic carbocycles.